The van der Waals surface area contributed by atoms with Gasteiger partial charge in [0.15, 0.2) is 0 Å². The molecular formula is C15H21N3O. The summed E-state index contributed by atoms with van der Waals surface area (Å²) in [7, 11) is 3.65. The van der Waals surface area contributed by atoms with Crippen molar-refractivity contribution in [3.8, 4) is 17.0 Å². The van der Waals surface area contributed by atoms with E-state index in [1.165, 1.54) is 11.1 Å². The van der Waals surface area contributed by atoms with Gasteiger partial charge in [-0.25, -0.2) is 4.98 Å². The predicted molar refractivity (Wildman–Crippen MR) is 78.6 cm³/mol. The first-order valence-electron chi connectivity index (χ1n) is 6.32. The molecule has 2 aromatic rings. The van der Waals surface area contributed by atoms with Crippen LogP contribution in [0.5, 0.6) is 5.75 Å². The minimum absolute atomic E-state index is 0.540. The van der Waals surface area contributed by atoms with Gasteiger partial charge >= 0.3 is 0 Å². The number of ether oxygens (including phenoxy) is 1. The van der Waals surface area contributed by atoms with Gasteiger partial charge in [0.1, 0.15) is 5.75 Å². The number of imidazole rings is 1. The molecule has 0 aliphatic carbocycles. The van der Waals surface area contributed by atoms with Gasteiger partial charge in [0.05, 0.1) is 18.5 Å². The summed E-state index contributed by atoms with van der Waals surface area (Å²) in [5.74, 6) is 1.49. The van der Waals surface area contributed by atoms with Crippen LogP contribution in [0.2, 0.25) is 0 Å². The molecule has 0 bridgehead atoms. The molecule has 2 rings (SSSR count). The molecule has 0 radical (unpaired) electrons. The number of aromatic nitrogens is 2. The summed E-state index contributed by atoms with van der Waals surface area (Å²) in [6.45, 7) is 8.23. The van der Waals surface area contributed by atoms with Crippen molar-refractivity contribution < 1.29 is 4.74 Å². The van der Waals surface area contributed by atoms with Gasteiger partial charge in [-0.3, -0.25) is 0 Å². The first-order valence-corrected chi connectivity index (χ1v) is 6.32. The lowest BCUT2D eigenvalue weighted by molar-refractivity contribution is 0.408. The van der Waals surface area contributed by atoms with Crippen LogP contribution in [0, 0.1) is 27.7 Å². The first kappa shape index (κ1) is 13.5. The maximum Gasteiger partial charge on any atom is 0.200 e. The summed E-state index contributed by atoms with van der Waals surface area (Å²) in [5.41, 5.74) is 12.6. The van der Waals surface area contributed by atoms with Gasteiger partial charge in [0, 0.05) is 12.6 Å². The average Bonchev–Trinajstić information content (AvgIpc) is 2.59. The van der Waals surface area contributed by atoms with Crippen molar-refractivity contribution in [2.45, 2.75) is 27.7 Å². The summed E-state index contributed by atoms with van der Waals surface area (Å²) in [4.78, 5) is 4.34. The first-order chi connectivity index (χ1) is 8.88. The number of aryl methyl sites for hydroxylation is 2. The molecule has 102 valence electrons. The van der Waals surface area contributed by atoms with E-state index in [0.717, 1.165) is 28.3 Å². The van der Waals surface area contributed by atoms with Crippen LogP contribution < -0.4 is 10.5 Å². The summed E-state index contributed by atoms with van der Waals surface area (Å²) in [6, 6.07) is 2.14. The molecule has 2 N–H and O–H groups in total. The molecule has 0 unspecified atom stereocenters. The Morgan fingerprint density at radius 2 is 1.79 bits per heavy atom. The third kappa shape index (κ3) is 1.97. The van der Waals surface area contributed by atoms with E-state index in [2.05, 4.69) is 31.8 Å². The predicted octanol–water partition coefficient (Wildman–Crippen LogP) is 2.91. The maximum absolute atomic E-state index is 5.89. The standard InChI is InChI=1S/C15H21N3O/c1-8-7-12(9(2)10(3)14(8)19-6)13-11(4)17-15(16)18(13)5/h7H,1-6H3,(H2,16,17). The highest BCUT2D eigenvalue weighted by Gasteiger charge is 2.17. The van der Waals surface area contributed by atoms with Crippen LogP contribution >= 0.6 is 0 Å². The van der Waals surface area contributed by atoms with Crippen LogP contribution in [-0.4, -0.2) is 16.7 Å². The largest absolute Gasteiger partial charge is 0.496 e. The van der Waals surface area contributed by atoms with Crippen LogP contribution in [-0.2, 0) is 7.05 Å². The smallest absolute Gasteiger partial charge is 0.200 e. The van der Waals surface area contributed by atoms with E-state index in [1.54, 1.807) is 7.11 Å². The number of benzene rings is 1. The minimum atomic E-state index is 0.540. The van der Waals surface area contributed by atoms with Crippen molar-refractivity contribution in [3.63, 3.8) is 0 Å². The van der Waals surface area contributed by atoms with E-state index in [9.17, 15) is 0 Å². The second-order valence-electron chi connectivity index (χ2n) is 4.99. The van der Waals surface area contributed by atoms with E-state index in [-0.39, 0.29) is 0 Å². The minimum Gasteiger partial charge on any atom is -0.496 e. The molecule has 0 saturated heterocycles. The molecule has 0 aliphatic rings. The quantitative estimate of drug-likeness (QED) is 0.902. The molecule has 0 fully saturated rings. The number of hydrogen-bond acceptors (Lipinski definition) is 3. The molecule has 0 spiro atoms. The molecule has 0 amide bonds. The maximum atomic E-state index is 5.89. The molecule has 0 aliphatic heterocycles. The fourth-order valence-electron chi connectivity index (χ4n) is 2.65. The molecule has 0 atom stereocenters. The monoisotopic (exact) mass is 259 g/mol. The van der Waals surface area contributed by atoms with Gasteiger partial charge in [-0.2, -0.15) is 0 Å². The van der Waals surface area contributed by atoms with Crippen LogP contribution in [0.15, 0.2) is 6.07 Å². The Bertz CT molecular complexity index is 642. The Labute approximate surface area is 114 Å². The number of hydrogen-bond donors (Lipinski definition) is 1. The van der Waals surface area contributed by atoms with Gasteiger partial charge < -0.3 is 15.0 Å². The van der Waals surface area contributed by atoms with Crippen LogP contribution in [0.25, 0.3) is 11.3 Å². The Balaban J connectivity index is 2.77. The van der Waals surface area contributed by atoms with E-state index in [4.69, 9.17) is 10.5 Å². The molecule has 1 aromatic heterocycles. The van der Waals surface area contributed by atoms with E-state index < -0.39 is 0 Å². The third-order valence-electron chi connectivity index (χ3n) is 3.79. The van der Waals surface area contributed by atoms with Crippen molar-refractivity contribution in [1.82, 2.24) is 9.55 Å². The van der Waals surface area contributed by atoms with Crippen molar-refractivity contribution >= 4 is 5.95 Å². The fourth-order valence-corrected chi connectivity index (χ4v) is 2.65. The van der Waals surface area contributed by atoms with Crippen LogP contribution in [0.3, 0.4) is 0 Å². The summed E-state index contributed by atoms with van der Waals surface area (Å²) in [6.07, 6.45) is 0. The van der Waals surface area contributed by atoms with E-state index in [1.807, 2.05) is 18.5 Å². The summed E-state index contributed by atoms with van der Waals surface area (Å²) in [5, 5.41) is 0. The molecular weight excluding hydrogens is 238 g/mol. The van der Waals surface area contributed by atoms with Crippen molar-refractivity contribution in [2.75, 3.05) is 12.8 Å². The number of anilines is 1. The SMILES string of the molecule is COc1c(C)cc(-c2c(C)nc(N)n2C)c(C)c1C. The normalized spacial score (nSPS) is 10.8. The van der Waals surface area contributed by atoms with Crippen LogP contribution in [0.1, 0.15) is 22.4 Å². The topological polar surface area (TPSA) is 53.1 Å². The number of nitrogens with zero attached hydrogens (tertiary/aromatic N) is 2. The second kappa shape index (κ2) is 4.61. The van der Waals surface area contributed by atoms with Crippen molar-refractivity contribution in [1.29, 1.82) is 0 Å². The highest BCUT2D eigenvalue weighted by molar-refractivity contribution is 5.72. The van der Waals surface area contributed by atoms with Gasteiger partial charge in [-0.1, -0.05) is 0 Å². The Morgan fingerprint density at radius 3 is 2.26 bits per heavy atom. The Morgan fingerprint density at radius 1 is 1.16 bits per heavy atom. The second-order valence-corrected chi connectivity index (χ2v) is 4.99. The zero-order valence-electron chi connectivity index (χ0n) is 12.5. The lowest BCUT2D eigenvalue weighted by Crippen LogP contribution is -2.02. The Kier molecular flexibility index (Phi) is 3.27. The Hall–Kier alpha value is -1.97. The van der Waals surface area contributed by atoms with E-state index >= 15 is 0 Å². The summed E-state index contributed by atoms with van der Waals surface area (Å²) >= 11 is 0. The fraction of sp³-hybridized carbons (Fsp3) is 0.400. The lowest BCUT2D eigenvalue weighted by Gasteiger charge is -2.16. The highest BCUT2D eigenvalue weighted by Crippen LogP contribution is 2.35. The number of nitrogen functional groups attached to an aromatic ring is 1. The molecule has 4 nitrogen and oxygen atoms in total. The molecule has 4 heteroatoms. The van der Waals surface area contributed by atoms with Gasteiger partial charge in [0.2, 0.25) is 5.95 Å². The van der Waals surface area contributed by atoms with Gasteiger partial charge in [-0.05, 0) is 50.5 Å². The highest BCUT2D eigenvalue weighted by atomic mass is 16.5. The molecule has 1 heterocycles. The van der Waals surface area contributed by atoms with Gasteiger partial charge in [-0.15, -0.1) is 0 Å². The number of methoxy groups -OCH3 is 1. The third-order valence-corrected chi connectivity index (χ3v) is 3.79. The van der Waals surface area contributed by atoms with Crippen molar-refractivity contribution in [2.24, 2.45) is 7.05 Å². The van der Waals surface area contributed by atoms with Crippen LogP contribution in [0.4, 0.5) is 5.95 Å². The average molecular weight is 259 g/mol. The van der Waals surface area contributed by atoms with E-state index in [0.29, 0.717) is 5.95 Å². The summed E-state index contributed by atoms with van der Waals surface area (Å²) < 4.78 is 7.40. The lowest BCUT2D eigenvalue weighted by atomic mass is 9.96. The number of rotatable bonds is 2. The van der Waals surface area contributed by atoms with Crippen molar-refractivity contribution in [3.05, 3.63) is 28.5 Å². The van der Waals surface area contributed by atoms with Gasteiger partial charge in [0.25, 0.3) is 0 Å². The molecule has 0 saturated carbocycles. The molecule has 1 aromatic carbocycles. The zero-order valence-corrected chi connectivity index (χ0v) is 12.5. The number of nitrogens with two attached hydrogens (primary N) is 1. The molecule has 19 heavy (non-hydrogen) atoms. The zero-order chi connectivity index (χ0) is 14.3.